The minimum absolute atomic E-state index is 0.00676. The molecule has 0 aromatic heterocycles. The van der Waals surface area contributed by atoms with Crippen LogP contribution in [0.1, 0.15) is 25.7 Å². The molecule has 2 atom stereocenters. The fourth-order valence-electron chi connectivity index (χ4n) is 2.35. The molecule has 0 amide bonds. The van der Waals surface area contributed by atoms with Crippen molar-refractivity contribution >= 4 is 5.78 Å². The molecule has 2 nitrogen and oxygen atoms in total. The summed E-state index contributed by atoms with van der Waals surface area (Å²) < 4.78 is 31.4. The van der Waals surface area contributed by atoms with Crippen molar-refractivity contribution in [1.82, 2.24) is 0 Å². The fourth-order valence-corrected chi connectivity index (χ4v) is 2.35. The Bertz CT molecular complexity index is 240. The summed E-state index contributed by atoms with van der Waals surface area (Å²) in [4.78, 5) is 11.2. The lowest BCUT2D eigenvalue weighted by Crippen LogP contribution is -2.26. The van der Waals surface area contributed by atoms with E-state index in [2.05, 4.69) is 0 Å². The van der Waals surface area contributed by atoms with Crippen molar-refractivity contribution in [2.45, 2.75) is 31.6 Å². The fraction of sp³-hybridized carbons (Fsp3) is 0.900. The summed E-state index contributed by atoms with van der Waals surface area (Å²) in [6.07, 6.45) is 1.43. The molecule has 0 aromatic carbocycles. The highest BCUT2D eigenvalue weighted by atomic mass is 19.3. The lowest BCUT2D eigenvalue weighted by atomic mass is 9.90. The third-order valence-electron chi connectivity index (χ3n) is 3.25. The smallest absolute Gasteiger partial charge is 0.250 e. The van der Waals surface area contributed by atoms with Gasteiger partial charge in [0.2, 0.25) is 0 Å². The highest BCUT2D eigenvalue weighted by Crippen LogP contribution is 2.43. The standard InChI is InChI=1S/C10H14F2O2/c11-10(12)3-1-2-8(10)4-7-5-14-6-9(7)13/h7-8H,1-6H2. The van der Waals surface area contributed by atoms with Gasteiger partial charge in [-0.05, 0) is 19.3 Å². The van der Waals surface area contributed by atoms with E-state index >= 15 is 0 Å². The van der Waals surface area contributed by atoms with Crippen LogP contribution in [0.4, 0.5) is 8.78 Å². The monoisotopic (exact) mass is 204 g/mol. The number of alkyl halides is 2. The number of carbonyl (C=O) groups is 1. The number of hydrogen-bond donors (Lipinski definition) is 0. The van der Waals surface area contributed by atoms with Crippen LogP contribution in [-0.4, -0.2) is 24.9 Å². The molecule has 2 rings (SSSR count). The van der Waals surface area contributed by atoms with Crippen LogP contribution in [0.15, 0.2) is 0 Å². The Labute approximate surface area is 81.6 Å². The molecule has 2 fully saturated rings. The van der Waals surface area contributed by atoms with Crippen LogP contribution < -0.4 is 0 Å². The van der Waals surface area contributed by atoms with Gasteiger partial charge in [-0.1, -0.05) is 0 Å². The molecule has 0 radical (unpaired) electrons. The lowest BCUT2D eigenvalue weighted by Gasteiger charge is -2.20. The first-order valence-corrected chi connectivity index (χ1v) is 5.08. The quantitative estimate of drug-likeness (QED) is 0.688. The second-order valence-electron chi connectivity index (χ2n) is 4.26. The molecule has 0 spiro atoms. The maximum absolute atomic E-state index is 13.2. The minimum Gasteiger partial charge on any atom is -0.373 e. The third kappa shape index (κ3) is 1.80. The average Bonchev–Trinajstić information content (AvgIpc) is 2.62. The summed E-state index contributed by atoms with van der Waals surface area (Å²) in [5.41, 5.74) is 0. The Morgan fingerprint density at radius 2 is 2.29 bits per heavy atom. The van der Waals surface area contributed by atoms with Crippen LogP contribution in [0.3, 0.4) is 0 Å². The maximum Gasteiger partial charge on any atom is 0.250 e. The van der Waals surface area contributed by atoms with Crippen LogP contribution in [0.5, 0.6) is 0 Å². The molecule has 1 aliphatic heterocycles. The molecule has 0 bridgehead atoms. The van der Waals surface area contributed by atoms with E-state index in [1.807, 2.05) is 0 Å². The predicted octanol–water partition coefficient (Wildman–Crippen LogP) is 2.03. The Morgan fingerprint density at radius 1 is 1.50 bits per heavy atom. The van der Waals surface area contributed by atoms with Gasteiger partial charge in [0.05, 0.1) is 6.61 Å². The molecular weight excluding hydrogens is 190 g/mol. The van der Waals surface area contributed by atoms with E-state index in [0.717, 1.165) is 0 Å². The van der Waals surface area contributed by atoms with Gasteiger partial charge in [-0.3, -0.25) is 4.79 Å². The molecule has 2 aliphatic rings. The number of rotatable bonds is 2. The number of Topliss-reactive ketones (excluding diaryl/α,β-unsaturated/α-hetero) is 1. The first-order valence-electron chi connectivity index (χ1n) is 5.08. The van der Waals surface area contributed by atoms with E-state index < -0.39 is 11.8 Å². The summed E-state index contributed by atoms with van der Waals surface area (Å²) in [7, 11) is 0. The van der Waals surface area contributed by atoms with E-state index in [9.17, 15) is 13.6 Å². The van der Waals surface area contributed by atoms with Gasteiger partial charge >= 0.3 is 0 Å². The van der Waals surface area contributed by atoms with Crippen LogP contribution in [-0.2, 0) is 9.53 Å². The van der Waals surface area contributed by atoms with Gasteiger partial charge in [0.15, 0.2) is 5.78 Å². The zero-order valence-electron chi connectivity index (χ0n) is 7.97. The van der Waals surface area contributed by atoms with Crippen molar-refractivity contribution in [2.75, 3.05) is 13.2 Å². The van der Waals surface area contributed by atoms with Crippen molar-refractivity contribution in [3.05, 3.63) is 0 Å². The van der Waals surface area contributed by atoms with E-state index in [4.69, 9.17) is 4.74 Å². The highest BCUT2D eigenvalue weighted by molar-refractivity contribution is 5.83. The molecule has 1 saturated carbocycles. The molecule has 1 heterocycles. The van der Waals surface area contributed by atoms with Crippen LogP contribution in [0.25, 0.3) is 0 Å². The molecular formula is C10H14F2O2. The number of hydrogen-bond acceptors (Lipinski definition) is 2. The van der Waals surface area contributed by atoms with E-state index in [0.29, 0.717) is 25.9 Å². The van der Waals surface area contributed by atoms with Crippen molar-refractivity contribution in [3.63, 3.8) is 0 Å². The van der Waals surface area contributed by atoms with Crippen LogP contribution in [0.2, 0.25) is 0 Å². The Morgan fingerprint density at radius 3 is 2.79 bits per heavy atom. The largest absolute Gasteiger partial charge is 0.373 e. The zero-order chi connectivity index (χ0) is 10.2. The second-order valence-corrected chi connectivity index (χ2v) is 4.26. The zero-order valence-corrected chi connectivity index (χ0v) is 7.97. The number of ketones is 1. The molecule has 14 heavy (non-hydrogen) atoms. The average molecular weight is 204 g/mol. The first kappa shape index (κ1) is 10.0. The third-order valence-corrected chi connectivity index (χ3v) is 3.25. The lowest BCUT2D eigenvalue weighted by molar-refractivity contribution is -0.121. The van der Waals surface area contributed by atoms with Gasteiger partial charge < -0.3 is 4.74 Å². The topological polar surface area (TPSA) is 26.3 Å². The normalized spacial score (nSPS) is 36.6. The van der Waals surface area contributed by atoms with Gasteiger partial charge in [0.25, 0.3) is 5.92 Å². The molecule has 80 valence electrons. The molecule has 0 aromatic rings. The van der Waals surface area contributed by atoms with Gasteiger partial charge in [-0.15, -0.1) is 0 Å². The van der Waals surface area contributed by atoms with Gasteiger partial charge in [-0.2, -0.15) is 0 Å². The molecule has 0 N–H and O–H groups in total. The van der Waals surface area contributed by atoms with Gasteiger partial charge in [0.1, 0.15) is 6.61 Å². The number of halogens is 2. The highest BCUT2D eigenvalue weighted by Gasteiger charge is 2.45. The summed E-state index contributed by atoms with van der Waals surface area (Å²) in [5.74, 6) is -3.43. The van der Waals surface area contributed by atoms with Crippen LogP contribution >= 0.6 is 0 Å². The summed E-state index contributed by atoms with van der Waals surface area (Å²) >= 11 is 0. The number of carbonyl (C=O) groups excluding carboxylic acids is 1. The second kappa shape index (κ2) is 3.57. The van der Waals surface area contributed by atoms with Crippen molar-refractivity contribution < 1.29 is 18.3 Å². The Balaban J connectivity index is 1.93. The van der Waals surface area contributed by atoms with E-state index in [1.54, 1.807) is 0 Å². The van der Waals surface area contributed by atoms with Gasteiger partial charge in [0, 0.05) is 18.3 Å². The summed E-state index contributed by atoms with van der Waals surface area (Å²) in [6, 6.07) is 0. The maximum atomic E-state index is 13.2. The molecule has 2 unspecified atom stereocenters. The van der Waals surface area contributed by atoms with Crippen LogP contribution in [0, 0.1) is 11.8 Å². The minimum atomic E-state index is -2.55. The van der Waals surface area contributed by atoms with Crippen molar-refractivity contribution in [2.24, 2.45) is 11.8 Å². The SMILES string of the molecule is O=C1COCC1CC1CCCC1(F)F. The molecule has 4 heteroatoms. The molecule has 1 saturated heterocycles. The van der Waals surface area contributed by atoms with Gasteiger partial charge in [-0.25, -0.2) is 8.78 Å². The molecule has 1 aliphatic carbocycles. The Kier molecular flexibility index (Phi) is 2.56. The van der Waals surface area contributed by atoms with E-state index in [1.165, 1.54) is 0 Å². The van der Waals surface area contributed by atoms with Crippen molar-refractivity contribution in [3.8, 4) is 0 Å². The predicted molar refractivity (Wildman–Crippen MR) is 46.2 cm³/mol. The summed E-state index contributed by atoms with van der Waals surface area (Å²) in [6.45, 7) is 0.453. The van der Waals surface area contributed by atoms with E-state index in [-0.39, 0.29) is 24.7 Å². The van der Waals surface area contributed by atoms with Crippen molar-refractivity contribution in [1.29, 1.82) is 0 Å². The number of ether oxygens (including phenoxy) is 1. The summed E-state index contributed by atoms with van der Waals surface area (Å²) in [5, 5.41) is 0. The Hall–Kier alpha value is -0.510. The first-order chi connectivity index (χ1) is 6.59.